The van der Waals surface area contributed by atoms with E-state index < -0.39 is 0 Å². The molecule has 0 radical (unpaired) electrons. The van der Waals surface area contributed by atoms with Gasteiger partial charge in [-0.25, -0.2) is 19.9 Å². The number of nitrogen functional groups attached to an aromatic ring is 1. The highest BCUT2D eigenvalue weighted by atomic mass is 127. The van der Waals surface area contributed by atoms with Crippen molar-refractivity contribution in [1.82, 2.24) is 19.9 Å². The second kappa shape index (κ2) is 13.0. The highest BCUT2D eigenvalue weighted by Crippen LogP contribution is 2.33. The molecule has 6 aromatic heterocycles. The maximum Gasteiger partial charge on any atom is 0.126 e. The molecule has 0 atom stereocenters. The quantitative estimate of drug-likeness (QED) is 0.133. The molecule has 41 heavy (non-hydrogen) atoms. The summed E-state index contributed by atoms with van der Waals surface area (Å²) >= 11 is 17.2. The van der Waals surface area contributed by atoms with E-state index in [0.717, 1.165) is 48.2 Å². The maximum atomic E-state index is 5.93. The zero-order valence-electron chi connectivity index (χ0n) is 20.7. The molecule has 0 fully saturated rings. The van der Waals surface area contributed by atoms with Crippen LogP contribution in [0.4, 0.5) is 17.1 Å². The highest BCUT2D eigenvalue weighted by molar-refractivity contribution is 14.1. The van der Waals surface area contributed by atoms with Crippen molar-refractivity contribution in [3.05, 3.63) is 94.9 Å². The number of nitrogens with one attached hydrogen (secondary N) is 1. The number of hydrogen-bond acceptors (Lipinski definition) is 10. The Bertz CT molecular complexity index is 2120. The molecule has 0 saturated carbocycles. The SMILES string of the molecule is Clc1ccnc2sc(I)cc12.Ic1cc2c(Nc3ccc4scnc4c3)ccnc2s1.Nc1ccc2scnc2c1. The maximum absolute atomic E-state index is 5.93. The number of thiazole rings is 2. The summed E-state index contributed by atoms with van der Waals surface area (Å²) in [6.07, 6.45) is 3.58. The van der Waals surface area contributed by atoms with Gasteiger partial charge in [-0.3, -0.25) is 0 Å². The number of anilines is 3. The van der Waals surface area contributed by atoms with Crippen LogP contribution in [0, 0.1) is 5.77 Å². The van der Waals surface area contributed by atoms with Gasteiger partial charge in [0.25, 0.3) is 0 Å². The zero-order chi connectivity index (χ0) is 28.3. The largest absolute Gasteiger partial charge is 0.399 e. The van der Waals surface area contributed by atoms with E-state index in [1.165, 1.54) is 20.6 Å². The summed E-state index contributed by atoms with van der Waals surface area (Å²) in [6, 6.07) is 20.1. The molecule has 8 aromatic rings. The van der Waals surface area contributed by atoms with Crippen LogP contribution in [-0.2, 0) is 0 Å². The average Bonchev–Trinajstić information content (AvgIpc) is 3.75. The van der Waals surface area contributed by atoms with Gasteiger partial charge in [0.1, 0.15) is 9.66 Å². The van der Waals surface area contributed by atoms with Gasteiger partial charge in [-0.2, -0.15) is 0 Å². The minimum atomic E-state index is 0.776. The molecule has 0 unspecified atom stereocenters. The van der Waals surface area contributed by atoms with Gasteiger partial charge in [-0.15, -0.1) is 45.3 Å². The third-order valence-corrected chi connectivity index (χ3v) is 11.3. The third kappa shape index (κ3) is 6.89. The Kier molecular flexibility index (Phi) is 9.14. The molecule has 0 saturated heterocycles. The number of thiophene rings is 2. The molecular formula is C28H17ClI2N6S4. The molecule has 8 rings (SSSR count). The topological polar surface area (TPSA) is 89.6 Å². The Balaban J connectivity index is 0.000000122. The van der Waals surface area contributed by atoms with Gasteiger partial charge in [0, 0.05) is 34.5 Å². The monoisotopic (exact) mass is 854 g/mol. The third-order valence-electron chi connectivity index (χ3n) is 5.72. The number of nitrogens with two attached hydrogens (primary N) is 1. The molecule has 0 aliphatic carbocycles. The normalized spacial score (nSPS) is 10.9. The fourth-order valence-electron chi connectivity index (χ4n) is 3.86. The second-order valence-corrected chi connectivity index (χ2v) is 16.5. The summed E-state index contributed by atoms with van der Waals surface area (Å²) in [6.45, 7) is 0. The molecule has 0 aliphatic rings. The number of aromatic nitrogens is 4. The smallest absolute Gasteiger partial charge is 0.126 e. The molecular weight excluding hydrogens is 838 g/mol. The van der Waals surface area contributed by atoms with Crippen molar-refractivity contribution in [2.24, 2.45) is 0 Å². The minimum absolute atomic E-state index is 0.776. The van der Waals surface area contributed by atoms with E-state index in [1.807, 2.05) is 47.5 Å². The summed E-state index contributed by atoms with van der Waals surface area (Å²) in [5, 5.41) is 6.48. The Morgan fingerprint density at radius 2 is 1.29 bits per heavy atom. The van der Waals surface area contributed by atoms with Crippen LogP contribution < -0.4 is 11.1 Å². The Morgan fingerprint density at radius 3 is 2.00 bits per heavy atom. The molecule has 0 amide bonds. The number of benzene rings is 2. The van der Waals surface area contributed by atoms with Gasteiger partial charge in [-0.05, 0) is 106 Å². The van der Waals surface area contributed by atoms with Crippen LogP contribution in [0.3, 0.4) is 0 Å². The molecule has 3 N–H and O–H groups in total. The first-order chi connectivity index (χ1) is 19.9. The molecule has 2 aromatic carbocycles. The molecule has 0 bridgehead atoms. The number of hydrogen-bond donors (Lipinski definition) is 2. The Labute approximate surface area is 282 Å². The van der Waals surface area contributed by atoms with Crippen LogP contribution in [0.5, 0.6) is 0 Å². The van der Waals surface area contributed by atoms with Gasteiger partial charge in [-0.1, -0.05) is 11.6 Å². The number of fused-ring (bicyclic) bond motifs is 4. The van der Waals surface area contributed by atoms with Crippen LogP contribution >= 0.6 is 102 Å². The van der Waals surface area contributed by atoms with Crippen molar-refractivity contribution < 1.29 is 0 Å². The molecule has 13 heteroatoms. The summed E-state index contributed by atoms with van der Waals surface area (Å²) < 4.78 is 4.86. The first-order valence-electron chi connectivity index (χ1n) is 11.9. The number of pyridine rings is 2. The predicted octanol–water partition coefficient (Wildman–Crippen LogP) is 10.7. The Hall–Kier alpha value is -2.21. The van der Waals surface area contributed by atoms with Crippen molar-refractivity contribution in [3.63, 3.8) is 0 Å². The average molecular weight is 855 g/mol. The van der Waals surface area contributed by atoms with Gasteiger partial charge < -0.3 is 11.1 Å². The van der Waals surface area contributed by atoms with Crippen molar-refractivity contribution in [2.45, 2.75) is 0 Å². The lowest BCUT2D eigenvalue weighted by molar-refractivity contribution is 1.43. The Morgan fingerprint density at radius 1 is 0.683 bits per heavy atom. The van der Waals surface area contributed by atoms with E-state index in [9.17, 15) is 0 Å². The molecule has 0 aliphatic heterocycles. The number of rotatable bonds is 2. The lowest BCUT2D eigenvalue weighted by Gasteiger charge is -2.07. The van der Waals surface area contributed by atoms with Gasteiger partial charge in [0.05, 0.1) is 47.9 Å². The fraction of sp³-hybridized carbons (Fsp3) is 0. The van der Waals surface area contributed by atoms with Crippen molar-refractivity contribution in [3.8, 4) is 0 Å². The molecule has 204 valence electrons. The van der Waals surface area contributed by atoms with Gasteiger partial charge >= 0.3 is 0 Å². The lowest BCUT2D eigenvalue weighted by atomic mass is 10.2. The number of halogens is 3. The first kappa shape index (κ1) is 28.9. The van der Waals surface area contributed by atoms with Crippen molar-refractivity contribution >= 4 is 160 Å². The van der Waals surface area contributed by atoms with Crippen LogP contribution in [0.1, 0.15) is 0 Å². The van der Waals surface area contributed by atoms with Gasteiger partial charge in [0.2, 0.25) is 0 Å². The van der Waals surface area contributed by atoms with E-state index in [2.05, 4.69) is 101 Å². The lowest BCUT2D eigenvalue weighted by Crippen LogP contribution is -1.91. The second-order valence-electron chi connectivity index (χ2n) is 8.43. The van der Waals surface area contributed by atoms with Crippen LogP contribution in [0.25, 0.3) is 40.9 Å². The molecule has 6 nitrogen and oxygen atoms in total. The summed E-state index contributed by atoms with van der Waals surface area (Å²) in [4.78, 5) is 19.2. The first-order valence-corrected chi connectivity index (χ1v) is 17.8. The van der Waals surface area contributed by atoms with E-state index in [1.54, 1.807) is 51.5 Å². The van der Waals surface area contributed by atoms with Crippen LogP contribution in [0.15, 0.2) is 84.1 Å². The van der Waals surface area contributed by atoms with E-state index >= 15 is 0 Å². The minimum Gasteiger partial charge on any atom is -0.399 e. The van der Waals surface area contributed by atoms with E-state index in [4.69, 9.17) is 17.3 Å². The summed E-state index contributed by atoms with van der Waals surface area (Å²) in [5.74, 6) is 0. The highest BCUT2D eigenvalue weighted by Gasteiger charge is 2.07. The predicted molar refractivity (Wildman–Crippen MR) is 197 cm³/mol. The standard InChI is InChI=1S/C14H8IN3S2.C7H3ClINS.C7H6N2S/c15-13-6-9-10(3-4-16-14(9)20-13)18-8-1-2-12-11(5-8)17-7-19-12;8-5-1-2-10-7-4(5)3-6(9)11-7;8-5-1-2-7-6(3-5)9-4-10-7/h1-7H,(H,16,18);1-3H;1-4H,8H2. The van der Waals surface area contributed by atoms with Crippen LogP contribution in [0.2, 0.25) is 5.02 Å². The summed E-state index contributed by atoms with van der Waals surface area (Å²) in [5.41, 5.74) is 14.2. The molecule has 6 heterocycles. The van der Waals surface area contributed by atoms with E-state index in [-0.39, 0.29) is 0 Å². The number of nitrogens with zero attached hydrogens (tertiary/aromatic N) is 4. The van der Waals surface area contributed by atoms with Gasteiger partial charge in [0.15, 0.2) is 0 Å². The molecule has 0 spiro atoms. The van der Waals surface area contributed by atoms with Crippen LogP contribution in [-0.4, -0.2) is 19.9 Å². The van der Waals surface area contributed by atoms with Crippen molar-refractivity contribution in [1.29, 1.82) is 0 Å². The fourth-order valence-corrected chi connectivity index (χ4v) is 8.82. The van der Waals surface area contributed by atoms with Crippen molar-refractivity contribution in [2.75, 3.05) is 11.1 Å². The zero-order valence-corrected chi connectivity index (χ0v) is 29.1. The summed E-state index contributed by atoms with van der Waals surface area (Å²) in [7, 11) is 0. The van der Waals surface area contributed by atoms with E-state index in [0.29, 0.717) is 0 Å².